The zero-order chi connectivity index (χ0) is 8.81. The first-order valence-electron chi connectivity index (χ1n) is 4.92. The van der Waals surface area contributed by atoms with Crippen molar-refractivity contribution in [3.8, 4) is 0 Å². The monoisotopic (exact) mass is 188 g/mol. The number of nitrogens with zero attached hydrogens (tertiary/aromatic N) is 2. The summed E-state index contributed by atoms with van der Waals surface area (Å²) in [5, 5.41) is 8.66. The molecule has 1 heterocycles. The average Bonchev–Trinajstić information content (AvgIpc) is 2.15. The van der Waals surface area contributed by atoms with Gasteiger partial charge in [-0.1, -0.05) is 14.4 Å². The highest BCUT2D eigenvalue weighted by atomic mass is 16.3. The van der Waals surface area contributed by atoms with E-state index in [-0.39, 0.29) is 7.43 Å². The first-order valence-corrected chi connectivity index (χ1v) is 4.92. The maximum Gasteiger partial charge on any atom is 0.0443 e. The highest BCUT2D eigenvalue weighted by Crippen LogP contribution is 2.01. The molecule has 1 rings (SSSR count). The smallest absolute Gasteiger partial charge is 0.0443 e. The Balaban J connectivity index is 0.00000144. The number of piperazine rings is 1. The lowest BCUT2D eigenvalue weighted by molar-refractivity contribution is 0.129. The van der Waals surface area contributed by atoms with Gasteiger partial charge in [-0.3, -0.25) is 0 Å². The molecule has 1 aliphatic heterocycles. The molecule has 0 atom stereocenters. The summed E-state index contributed by atoms with van der Waals surface area (Å²) in [7, 11) is 0. The van der Waals surface area contributed by atoms with Crippen molar-refractivity contribution in [3.05, 3.63) is 0 Å². The highest BCUT2D eigenvalue weighted by Gasteiger charge is 2.13. The van der Waals surface area contributed by atoms with Crippen molar-refractivity contribution in [2.75, 3.05) is 45.9 Å². The van der Waals surface area contributed by atoms with Crippen LogP contribution in [0.2, 0.25) is 0 Å². The zero-order valence-electron chi connectivity index (χ0n) is 8.00. The van der Waals surface area contributed by atoms with Crippen LogP contribution < -0.4 is 0 Å². The Morgan fingerprint density at radius 1 is 1.08 bits per heavy atom. The number of aliphatic hydroxyl groups excluding tert-OH is 1. The minimum atomic E-state index is 0. The Bertz CT molecular complexity index is 111. The molecule has 0 aromatic heterocycles. The summed E-state index contributed by atoms with van der Waals surface area (Å²) in [6, 6.07) is 0. The van der Waals surface area contributed by atoms with E-state index in [1.165, 1.54) is 32.7 Å². The van der Waals surface area contributed by atoms with Crippen LogP contribution in [-0.4, -0.2) is 60.8 Å². The maximum atomic E-state index is 8.66. The van der Waals surface area contributed by atoms with E-state index in [0.29, 0.717) is 6.61 Å². The molecule has 1 fully saturated rings. The molecule has 0 amide bonds. The van der Waals surface area contributed by atoms with Crippen molar-refractivity contribution in [1.29, 1.82) is 0 Å². The second-order valence-corrected chi connectivity index (χ2v) is 3.35. The first-order chi connectivity index (χ1) is 5.86. The van der Waals surface area contributed by atoms with Crippen LogP contribution in [0.25, 0.3) is 0 Å². The predicted molar refractivity (Wildman–Crippen MR) is 57.0 cm³/mol. The number of rotatable bonds is 4. The van der Waals surface area contributed by atoms with Crippen LogP contribution in [0, 0.1) is 0 Å². The third kappa shape index (κ3) is 4.60. The molecule has 0 aromatic rings. The predicted octanol–water partition coefficient (Wildman–Crippen LogP) is 0.642. The van der Waals surface area contributed by atoms with Crippen molar-refractivity contribution in [2.45, 2.75) is 20.8 Å². The molecule has 1 N–H and O–H groups in total. The van der Waals surface area contributed by atoms with E-state index in [1.807, 2.05) is 0 Å². The van der Waals surface area contributed by atoms with E-state index >= 15 is 0 Å². The van der Waals surface area contributed by atoms with E-state index in [2.05, 4.69) is 16.7 Å². The van der Waals surface area contributed by atoms with Crippen molar-refractivity contribution in [1.82, 2.24) is 9.80 Å². The van der Waals surface area contributed by atoms with E-state index in [4.69, 9.17) is 5.11 Å². The van der Waals surface area contributed by atoms with Crippen LogP contribution >= 0.6 is 0 Å². The molecule has 0 aromatic carbocycles. The van der Waals surface area contributed by atoms with Crippen molar-refractivity contribution >= 4 is 0 Å². The van der Waals surface area contributed by atoms with Gasteiger partial charge in [-0.15, -0.1) is 0 Å². The Kier molecular flexibility index (Phi) is 7.23. The number of hydrogen-bond acceptors (Lipinski definition) is 3. The summed E-state index contributed by atoms with van der Waals surface area (Å²) in [4.78, 5) is 4.90. The van der Waals surface area contributed by atoms with Crippen LogP contribution in [-0.2, 0) is 0 Å². The normalized spacial score (nSPS) is 19.8. The lowest BCUT2D eigenvalue weighted by Crippen LogP contribution is -2.46. The Hall–Kier alpha value is -0.120. The number of likely N-dealkylation sites (N-methyl/N-ethyl adjacent to an activating group) is 1. The fraction of sp³-hybridized carbons (Fsp3) is 1.00. The fourth-order valence-electron chi connectivity index (χ4n) is 1.62. The average molecular weight is 188 g/mol. The van der Waals surface area contributed by atoms with Crippen LogP contribution in [0.4, 0.5) is 0 Å². The van der Waals surface area contributed by atoms with Gasteiger partial charge in [0.1, 0.15) is 0 Å². The molecule has 80 valence electrons. The molecular weight excluding hydrogens is 164 g/mol. The van der Waals surface area contributed by atoms with Crippen LogP contribution in [0.5, 0.6) is 0 Å². The van der Waals surface area contributed by atoms with Gasteiger partial charge in [0.25, 0.3) is 0 Å². The Morgan fingerprint density at radius 2 is 1.62 bits per heavy atom. The molecule has 0 bridgehead atoms. The minimum Gasteiger partial charge on any atom is -0.396 e. The zero-order valence-corrected chi connectivity index (χ0v) is 8.00. The minimum absolute atomic E-state index is 0. The van der Waals surface area contributed by atoms with Gasteiger partial charge < -0.3 is 14.9 Å². The summed E-state index contributed by atoms with van der Waals surface area (Å²) in [5.41, 5.74) is 0. The largest absolute Gasteiger partial charge is 0.396 e. The summed E-state index contributed by atoms with van der Waals surface area (Å²) < 4.78 is 0. The summed E-state index contributed by atoms with van der Waals surface area (Å²) in [6.07, 6.45) is 0.923. The molecule has 0 aliphatic carbocycles. The maximum absolute atomic E-state index is 8.66. The molecule has 3 heteroatoms. The Morgan fingerprint density at radius 3 is 2.08 bits per heavy atom. The number of hydrogen-bond donors (Lipinski definition) is 1. The first kappa shape index (κ1) is 12.9. The molecule has 1 saturated heterocycles. The van der Waals surface area contributed by atoms with Gasteiger partial charge in [0, 0.05) is 39.3 Å². The molecule has 1 aliphatic rings. The third-order valence-electron chi connectivity index (χ3n) is 2.54. The van der Waals surface area contributed by atoms with E-state index in [1.54, 1.807) is 0 Å². The van der Waals surface area contributed by atoms with Gasteiger partial charge >= 0.3 is 0 Å². The Labute approximate surface area is 82.3 Å². The van der Waals surface area contributed by atoms with Crippen molar-refractivity contribution < 1.29 is 5.11 Å². The molecule has 0 radical (unpaired) electrons. The van der Waals surface area contributed by atoms with Gasteiger partial charge in [0.2, 0.25) is 0 Å². The lowest BCUT2D eigenvalue weighted by atomic mass is 10.3. The molecule has 0 saturated carbocycles. The van der Waals surface area contributed by atoms with Gasteiger partial charge in [-0.25, -0.2) is 0 Å². The topological polar surface area (TPSA) is 26.7 Å². The van der Waals surface area contributed by atoms with Gasteiger partial charge in [0.15, 0.2) is 0 Å². The van der Waals surface area contributed by atoms with Gasteiger partial charge in [0.05, 0.1) is 0 Å². The molecule has 0 unspecified atom stereocenters. The molecular formula is C10H24N2O. The van der Waals surface area contributed by atoms with Gasteiger partial charge in [-0.05, 0) is 13.0 Å². The summed E-state index contributed by atoms with van der Waals surface area (Å²) >= 11 is 0. The standard InChI is InChI=1S/C9H20N2O.CH4/c1-2-10-5-7-11(8-6-10)4-3-9-12;/h12H,2-9H2,1H3;1H4. The van der Waals surface area contributed by atoms with Crippen molar-refractivity contribution in [2.24, 2.45) is 0 Å². The van der Waals surface area contributed by atoms with Gasteiger partial charge in [-0.2, -0.15) is 0 Å². The van der Waals surface area contributed by atoms with E-state index < -0.39 is 0 Å². The van der Waals surface area contributed by atoms with Crippen LogP contribution in [0.1, 0.15) is 20.8 Å². The SMILES string of the molecule is C.CCN1CCN(CCCO)CC1. The number of aliphatic hydroxyl groups is 1. The van der Waals surface area contributed by atoms with E-state index in [0.717, 1.165) is 13.0 Å². The molecule has 13 heavy (non-hydrogen) atoms. The fourth-order valence-corrected chi connectivity index (χ4v) is 1.62. The van der Waals surface area contributed by atoms with Crippen molar-refractivity contribution in [3.63, 3.8) is 0 Å². The second kappa shape index (κ2) is 7.30. The quantitative estimate of drug-likeness (QED) is 0.701. The third-order valence-corrected chi connectivity index (χ3v) is 2.54. The van der Waals surface area contributed by atoms with Crippen LogP contribution in [0.15, 0.2) is 0 Å². The van der Waals surface area contributed by atoms with E-state index in [9.17, 15) is 0 Å². The lowest BCUT2D eigenvalue weighted by Gasteiger charge is -2.33. The summed E-state index contributed by atoms with van der Waals surface area (Å²) in [6.45, 7) is 9.52. The highest BCUT2D eigenvalue weighted by molar-refractivity contribution is 4.70. The molecule has 0 spiro atoms. The second-order valence-electron chi connectivity index (χ2n) is 3.35. The summed E-state index contributed by atoms with van der Waals surface area (Å²) in [5.74, 6) is 0. The molecule has 3 nitrogen and oxygen atoms in total. The van der Waals surface area contributed by atoms with Crippen LogP contribution in [0.3, 0.4) is 0 Å².